The third-order valence-corrected chi connectivity index (χ3v) is 3.96. The van der Waals surface area contributed by atoms with Gasteiger partial charge in [0, 0.05) is 23.4 Å². The summed E-state index contributed by atoms with van der Waals surface area (Å²) in [7, 11) is 1.77. The van der Waals surface area contributed by atoms with Crippen LogP contribution in [0.3, 0.4) is 0 Å². The molecule has 0 spiro atoms. The lowest BCUT2D eigenvalue weighted by Gasteiger charge is -2.09. The quantitative estimate of drug-likeness (QED) is 0.811. The van der Waals surface area contributed by atoms with Crippen molar-refractivity contribution in [3.63, 3.8) is 0 Å². The van der Waals surface area contributed by atoms with Gasteiger partial charge in [0.15, 0.2) is 0 Å². The van der Waals surface area contributed by atoms with Crippen molar-refractivity contribution in [3.8, 4) is 0 Å². The summed E-state index contributed by atoms with van der Waals surface area (Å²) in [6.07, 6.45) is 1.68. The predicted molar refractivity (Wildman–Crippen MR) is 81.7 cm³/mol. The van der Waals surface area contributed by atoms with Gasteiger partial charge in [-0.05, 0) is 50.1 Å². The minimum Gasteiger partial charge on any atom is -0.357 e. The maximum atomic E-state index is 6.03. The molecule has 2 aromatic rings. The number of benzene rings is 1. The highest BCUT2D eigenvalue weighted by Crippen LogP contribution is 2.29. The summed E-state index contributed by atoms with van der Waals surface area (Å²) in [5, 5.41) is 6.69. The van der Waals surface area contributed by atoms with Crippen molar-refractivity contribution < 1.29 is 0 Å². The smallest absolute Gasteiger partial charge is 0.224 e. The Hall–Kier alpha value is -0.850. The third kappa shape index (κ3) is 3.13. The summed E-state index contributed by atoms with van der Waals surface area (Å²) in [4.78, 5) is 8.39. The second kappa shape index (κ2) is 5.86. The summed E-state index contributed by atoms with van der Waals surface area (Å²) < 4.78 is 1.63. The first-order valence-electron chi connectivity index (χ1n) is 5.02. The zero-order valence-corrected chi connectivity index (χ0v) is 13.3. The van der Waals surface area contributed by atoms with E-state index in [0.29, 0.717) is 16.8 Å². The van der Waals surface area contributed by atoms with E-state index in [1.807, 2.05) is 18.2 Å². The minimum absolute atomic E-state index is 0.545. The van der Waals surface area contributed by atoms with Crippen molar-refractivity contribution in [2.75, 3.05) is 17.7 Å². The van der Waals surface area contributed by atoms with Crippen LogP contribution in [0.5, 0.6) is 0 Å². The lowest BCUT2D eigenvalue weighted by molar-refractivity contribution is 1.14. The average Bonchev–Trinajstić information content (AvgIpc) is 2.36. The van der Waals surface area contributed by atoms with E-state index in [1.54, 1.807) is 13.2 Å². The van der Waals surface area contributed by atoms with Gasteiger partial charge >= 0.3 is 0 Å². The molecular formula is C11H9Br2ClN4. The van der Waals surface area contributed by atoms with Gasteiger partial charge in [0.1, 0.15) is 5.82 Å². The SMILES string of the molecule is CNc1ncc(Br)c(Nc2ccc(Br)c(Cl)c2)n1. The molecule has 1 heterocycles. The van der Waals surface area contributed by atoms with Gasteiger partial charge < -0.3 is 10.6 Å². The van der Waals surface area contributed by atoms with Gasteiger partial charge in [0.25, 0.3) is 0 Å². The second-order valence-electron chi connectivity index (χ2n) is 3.39. The standard InChI is InChI=1S/C11H9Br2ClN4/c1-15-11-16-5-8(13)10(18-11)17-6-2-3-7(12)9(14)4-6/h2-5H,1H3,(H2,15,16,17,18). The Morgan fingerprint density at radius 1 is 1.22 bits per heavy atom. The van der Waals surface area contributed by atoms with Gasteiger partial charge in [0.2, 0.25) is 5.95 Å². The number of nitrogens with zero attached hydrogens (tertiary/aromatic N) is 2. The van der Waals surface area contributed by atoms with Crippen LogP contribution in [0.15, 0.2) is 33.3 Å². The molecule has 0 saturated carbocycles. The number of rotatable bonds is 3. The second-order valence-corrected chi connectivity index (χ2v) is 5.51. The summed E-state index contributed by atoms with van der Waals surface area (Å²) in [6.45, 7) is 0. The molecule has 7 heteroatoms. The van der Waals surface area contributed by atoms with Crippen LogP contribution >= 0.6 is 43.5 Å². The average molecular weight is 392 g/mol. The highest BCUT2D eigenvalue weighted by atomic mass is 79.9. The Morgan fingerprint density at radius 3 is 2.67 bits per heavy atom. The fraction of sp³-hybridized carbons (Fsp3) is 0.0909. The van der Waals surface area contributed by atoms with Crippen molar-refractivity contribution in [1.82, 2.24) is 9.97 Å². The first-order valence-corrected chi connectivity index (χ1v) is 6.99. The topological polar surface area (TPSA) is 49.8 Å². The number of hydrogen-bond acceptors (Lipinski definition) is 4. The lowest BCUT2D eigenvalue weighted by Crippen LogP contribution is -2.01. The first kappa shape index (κ1) is 13.6. The van der Waals surface area contributed by atoms with Crippen molar-refractivity contribution >= 4 is 60.9 Å². The van der Waals surface area contributed by atoms with Crippen LogP contribution in [0.2, 0.25) is 5.02 Å². The molecule has 1 aromatic heterocycles. The van der Waals surface area contributed by atoms with Crippen molar-refractivity contribution in [2.24, 2.45) is 0 Å². The van der Waals surface area contributed by atoms with Crippen molar-refractivity contribution in [3.05, 3.63) is 38.4 Å². The molecule has 18 heavy (non-hydrogen) atoms. The van der Waals surface area contributed by atoms with Gasteiger partial charge in [-0.1, -0.05) is 11.6 Å². The fourth-order valence-corrected chi connectivity index (χ4v) is 2.00. The lowest BCUT2D eigenvalue weighted by atomic mass is 10.3. The van der Waals surface area contributed by atoms with Crippen LogP contribution in [0.4, 0.5) is 17.5 Å². The molecule has 1 aromatic carbocycles. The Morgan fingerprint density at radius 2 is 2.00 bits per heavy atom. The highest BCUT2D eigenvalue weighted by molar-refractivity contribution is 9.11. The van der Waals surface area contributed by atoms with Crippen molar-refractivity contribution in [1.29, 1.82) is 0 Å². The van der Waals surface area contributed by atoms with Gasteiger partial charge in [-0.3, -0.25) is 0 Å². The third-order valence-electron chi connectivity index (χ3n) is 2.15. The molecule has 0 unspecified atom stereocenters. The van der Waals surface area contributed by atoms with Crippen LogP contribution in [-0.4, -0.2) is 17.0 Å². The molecule has 0 amide bonds. The molecule has 0 fully saturated rings. The molecule has 0 radical (unpaired) electrons. The predicted octanol–water partition coefficient (Wildman–Crippen LogP) is 4.44. The number of anilines is 3. The van der Waals surface area contributed by atoms with Crippen molar-refractivity contribution in [2.45, 2.75) is 0 Å². The molecule has 0 aliphatic rings. The van der Waals surface area contributed by atoms with Crippen LogP contribution < -0.4 is 10.6 Å². The number of hydrogen-bond donors (Lipinski definition) is 2. The monoisotopic (exact) mass is 390 g/mol. The summed E-state index contributed by atoms with van der Waals surface area (Å²) >= 11 is 12.8. The summed E-state index contributed by atoms with van der Waals surface area (Å²) in [5.41, 5.74) is 0.852. The van der Waals surface area contributed by atoms with E-state index in [2.05, 4.69) is 52.5 Å². The summed E-state index contributed by atoms with van der Waals surface area (Å²) in [5.74, 6) is 1.22. The van der Waals surface area contributed by atoms with Crippen LogP contribution in [0.25, 0.3) is 0 Å². The van der Waals surface area contributed by atoms with E-state index in [9.17, 15) is 0 Å². The molecule has 0 aliphatic heterocycles. The molecule has 0 aliphatic carbocycles. The van der Waals surface area contributed by atoms with E-state index < -0.39 is 0 Å². The number of aromatic nitrogens is 2. The maximum absolute atomic E-state index is 6.03. The molecule has 94 valence electrons. The summed E-state index contributed by atoms with van der Waals surface area (Å²) in [6, 6.07) is 5.60. The zero-order valence-electron chi connectivity index (χ0n) is 9.34. The molecule has 0 atom stereocenters. The molecule has 0 saturated heterocycles. The molecule has 4 nitrogen and oxygen atoms in total. The van der Waals surface area contributed by atoms with Crippen LogP contribution in [-0.2, 0) is 0 Å². The van der Waals surface area contributed by atoms with Crippen LogP contribution in [0, 0.1) is 0 Å². The molecule has 0 bridgehead atoms. The van der Waals surface area contributed by atoms with E-state index in [-0.39, 0.29) is 0 Å². The Labute approximate surface area is 126 Å². The molecule has 2 rings (SSSR count). The van der Waals surface area contributed by atoms with E-state index in [4.69, 9.17) is 11.6 Å². The van der Waals surface area contributed by atoms with Gasteiger partial charge in [-0.15, -0.1) is 0 Å². The minimum atomic E-state index is 0.545. The zero-order chi connectivity index (χ0) is 13.1. The van der Waals surface area contributed by atoms with Gasteiger partial charge in [-0.2, -0.15) is 4.98 Å². The van der Waals surface area contributed by atoms with Crippen LogP contribution in [0.1, 0.15) is 0 Å². The van der Waals surface area contributed by atoms with Gasteiger partial charge in [-0.25, -0.2) is 4.98 Å². The van der Waals surface area contributed by atoms with E-state index in [0.717, 1.165) is 14.6 Å². The first-order chi connectivity index (χ1) is 8.60. The van der Waals surface area contributed by atoms with E-state index in [1.165, 1.54) is 0 Å². The maximum Gasteiger partial charge on any atom is 0.224 e. The van der Waals surface area contributed by atoms with Gasteiger partial charge in [0.05, 0.1) is 9.50 Å². The largest absolute Gasteiger partial charge is 0.357 e. The number of nitrogens with one attached hydrogen (secondary N) is 2. The Bertz CT molecular complexity index is 577. The fourth-order valence-electron chi connectivity index (χ4n) is 1.29. The molecular weight excluding hydrogens is 383 g/mol. The normalized spacial score (nSPS) is 10.2. The Balaban J connectivity index is 2.30. The molecule has 2 N–H and O–H groups in total. The Kier molecular flexibility index (Phi) is 4.42. The highest BCUT2D eigenvalue weighted by Gasteiger charge is 2.06. The number of halogens is 3. The van der Waals surface area contributed by atoms with E-state index >= 15 is 0 Å².